The fourth-order valence-electron chi connectivity index (χ4n) is 1.01. The number of carbonyl (C=O) groups is 1. The third kappa shape index (κ3) is 3.28. The monoisotopic (exact) mass is 280 g/mol. The number of hydrogen-bond donors (Lipinski definition) is 0. The third-order valence-electron chi connectivity index (χ3n) is 1.81. The Hall–Kier alpha value is -1.45. The van der Waals surface area contributed by atoms with E-state index in [2.05, 4.69) is 14.2 Å². The second-order valence-corrected chi connectivity index (χ2v) is 3.13. The minimum atomic E-state index is -5.19. The molecule has 0 aromatic heterocycles. The van der Waals surface area contributed by atoms with Crippen LogP contribution in [0.15, 0.2) is 11.9 Å². The number of ether oxygens (including phenoxy) is 3. The van der Waals surface area contributed by atoms with Crippen molar-refractivity contribution in [2.75, 3.05) is 13.2 Å². The normalized spacial score (nSPS) is 25.3. The summed E-state index contributed by atoms with van der Waals surface area (Å²) in [6, 6.07) is 0. The molecule has 1 aliphatic rings. The number of cyclic esters (lactones) is 2. The standard InChI is InChI=1S/C8H6F6O4/c9-4(1-5(10)11)2-17-7(8(12,13)14)3-16-6(15)18-7/h1,5H,2-3H2/b4-1+. The van der Waals surface area contributed by atoms with E-state index in [1.54, 1.807) is 0 Å². The van der Waals surface area contributed by atoms with Crippen molar-refractivity contribution < 1.29 is 45.3 Å². The van der Waals surface area contributed by atoms with Crippen molar-refractivity contribution in [3.8, 4) is 0 Å². The SMILES string of the molecule is O=C1OCC(OC/C(F)=C\C(F)F)(C(F)(F)F)O1. The van der Waals surface area contributed by atoms with Crippen LogP contribution in [0.5, 0.6) is 0 Å². The zero-order valence-corrected chi connectivity index (χ0v) is 8.47. The van der Waals surface area contributed by atoms with Crippen LogP contribution in [0.25, 0.3) is 0 Å². The second-order valence-electron chi connectivity index (χ2n) is 3.13. The summed E-state index contributed by atoms with van der Waals surface area (Å²) in [5.74, 6) is -5.10. The molecule has 1 rings (SSSR count). The van der Waals surface area contributed by atoms with Gasteiger partial charge in [-0.05, 0) is 0 Å². The topological polar surface area (TPSA) is 44.8 Å². The maximum atomic E-state index is 12.7. The van der Waals surface area contributed by atoms with Gasteiger partial charge >= 0.3 is 18.1 Å². The Bertz CT molecular complexity index is 352. The summed E-state index contributed by atoms with van der Waals surface area (Å²) in [6.07, 6.45) is -10.3. The molecule has 0 spiro atoms. The first-order chi connectivity index (χ1) is 8.16. The van der Waals surface area contributed by atoms with Crippen molar-refractivity contribution in [2.45, 2.75) is 18.4 Å². The number of halogens is 6. The van der Waals surface area contributed by atoms with E-state index in [1.165, 1.54) is 0 Å². The highest BCUT2D eigenvalue weighted by molar-refractivity contribution is 5.62. The van der Waals surface area contributed by atoms with Gasteiger partial charge in [-0.3, -0.25) is 0 Å². The van der Waals surface area contributed by atoms with Crippen LogP contribution in [0.2, 0.25) is 0 Å². The van der Waals surface area contributed by atoms with E-state index in [9.17, 15) is 31.1 Å². The van der Waals surface area contributed by atoms with Crippen molar-refractivity contribution in [3.63, 3.8) is 0 Å². The first-order valence-corrected chi connectivity index (χ1v) is 4.37. The van der Waals surface area contributed by atoms with Gasteiger partial charge in [0.15, 0.2) is 6.61 Å². The van der Waals surface area contributed by atoms with Gasteiger partial charge in [-0.25, -0.2) is 18.0 Å². The largest absolute Gasteiger partial charge is 0.511 e. The van der Waals surface area contributed by atoms with E-state index in [0.29, 0.717) is 0 Å². The summed E-state index contributed by atoms with van der Waals surface area (Å²) in [5.41, 5.74) is 0. The molecular formula is C8H6F6O4. The van der Waals surface area contributed by atoms with Gasteiger partial charge in [0.1, 0.15) is 12.4 Å². The van der Waals surface area contributed by atoms with E-state index in [0.717, 1.165) is 0 Å². The van der Waals surface area contributed by atoms with Gasteiger partial charge in [-0.15, -0.1) is 0 Å². The van der Waals surface area contributed by atoms with Gasteiger partial charge in [0, 0.05) is 6.08 Å². The van der Waals surface area contributed by atoms with Crippen molar-refractivity contribution in [1.29, 1.82) is 0 Å². The van der Waals surface area contributed by atoms with Crippen molar-refractivity contribution in [2.24, 2.45) is 0 Å². The Morgan fingerprint density at radius 1 is 1.50 bits per heavy atom. The second kappa shape index (κ2) is 5.04. The smallest absolute Gasteiger partial charge is 0.427 e. The Morgan fingerprint density at radius 2 is 2.11 bits per heavy atom. The van der Waals surface area contributed by atoms with E-state index in [-0.39, 0.29) is 6.08 Å². The summed E-state index contributed by atoms with van der Waals surface area (Å²) < 4.78 is 85.3. The van der Waals surface area contributed by atoms with Gasteiger partial charge in [-0.1, -0.05) is 0 Å². The molecule has 18 heavy (non-hydrogen) atoms. The van der Waals surface area contributed by atoms with Crippen LogP contribution < -0.4 is 0 Å². The fraction of sp³-hybridized carbons (Fsp3) is 0.625. The predicted octanol–water partition coefficient (Wildman–Crippen LogP) is 2.55. The van der Waals surface area contributed by atoms with Crippen molar-refractivity contribution in [3.05, 3.63) is 11.9 Å². The number of rotatable bonds is 4. The number of alkyl halides is 5. The van der Waals surface area contributed by atoms with Crippen molar-refractivity contribution in [1.82, 2.24) is 0 Å². The quantitative estimate of drug-likeness (QED) is 0.586. The summed E-state index contributed by atoms with van der Waals surface area (Å²) >= 11 is 0. The first kappa shape index (κ1) is 14.6. The molecule has 0 radical (unpaired) electrons. The molecule has 104 valence electrons. The van der Waals surface area contributed by atoms with E-state index < -0.39 is 43.6 Å². The van der Waals surface area contributed by atoms with Crippen LogP contribution in [0.3, 0.4) is 0 Å². The Labute approximate surface area is 96.1 Å². The Morgan fingerprint density at radius 3 is 2.50 bits per heavy atom. The fourth-order valence-corrected chi connectivity index (χ4v) is 1.01. The maximum Gasteiger partial charge on any atom is 0.511 e. The first-order valence-electron chi connectivity index (χ1n) is 4.37. The highest BCUT2D eigenvalue weighted by Gasteiger charge is 2.65. The summed E-state index contributed by atoms with van der Waals surface area (Å²) in [4.78, 5) is 10.5. The van der Waals surface area contributed by atoms with Crippen LogP contribution in [-0.4, -0.2) is 37.8 Å². The van der Waals surface area contributed by atoms with Gasteiger partial charge in [0.05, 0.1) is 0 Å². The highest BCUT2D eigenvalue weighted by Crippen LogP contribution is 2.39. The van der Waals surface area contributed by atoms with E-state index >= 15 is 0 Å². The van der Waals surface area contributed by atoms with Crippen LogP contribution >= 0.6 is 0 Å². The van der Waals surface area contributed by atoms with Crippen LogP contribution in [-0.2, 0) is 14.2 Å². The zero-order valence-electron chi connectivity index (χ0n) is 8.47. The molecule has 1 heterocycles. The third-order valence-corrected chi connectivity index (χ3v) is 1.81. The lowest BCUT2D eigenvalue weighted by Gasteiger charge is -2.26. The molecule has 0 aliphatic carbocycles. The molecule has 1 fully saturated rings. The lowest BCUT2D eigenvalue weighted by atomic mass is 10.3. The molecule has 0 amide bonds. The van der Waals surface area contributed by atoms with Gasteiger partial charge in [0.2, 0.25) is 0 Å². The minimum Gasteiger partial charge on any atom is -0.427 e. The summed E-state index contributed by atoms with van der Waals surface area (Å²) in [7, 11) is 0. The minimum absolute atomic E-state index is 0.234. The number of carbonyl (C=O) groups excluding carboxylic acids is 1. The molecule has 0 saturated carbocycles. The van der Waals surface area contributed by atoms with E-state index in [1.807, 2.05) is 0 Å². The van der Waals surface area contributed by atoms with Crippen LogP contribution in [0, 0.1) is 0 Å². The summed E-state index contributed by atoms with van der Waals surface area (Å²) in [6.45, 7) is -2.77. The molecule has 0 bridgehead atoms. The highest BCUT2D eigenvalue weighted by atomic mass is 19.4. The molecule has 0 aromatic rings. The summed E-state index contributed by atoms with van der Waals surface area (Å²) in [5, 5.41) is 0. The van der Waals surface area contributed by atoms with Crippen molar-refractivity contribution >= 4 is 6.16 Å². The number of allylic oxidation sites excluding steroid dienone is 1. The molecular weight excluding hydrogens is 274 g/mol. The molecule has 4 nitrogen and oxygen atoms in total. The predicted molar refractivity (Wildman–Crippen MR) is 42.4 cm³/mol. The van der Waals surface area contributed by atoms with Crippen LogP contribution in [0.4, 0.5) is 31.1 Å². The number of hydrogen-bond acceptors (Lipinski definition) is 4. The lowest BCUT2D eigenvalue weighted by Crippen LogP contribution is -2.50. The van der Waals surface area contributed by atoms with Crippen LogP contribution in [0.1, 0.15) is 0 Å². The van der Waals surface area contributed by atoms with Gasteiger partial charge in [-0.2, -0.15) is 13.2 Å². The molecule has 0 aromatic carbocycles. The lowest BCUT2D eigenvalue weighted by molar-refractivity contribution is -0.347. The van der Waals surface area contributed by atoms with E-state index in [4.69, 9.17) is 0 Å². The molecule has 1 aliphatic heterocycles. The average molecular weight is 280 g/mol. The Kier molecular flexibility index (Phi) is 4.09. The molecule has 1 saturated heterocycles. The molecule has 10 heteroatoms. The average Bonchev–Trinajstić information content (AvgIpc) is 2.56. The zero-order chi connectivity index (χ0) is 14.0. The molecule has 1 unspecified atom stereocenters. The maximum absolute atomic E-state index is 12.7. The molecule has 0 N–H and O–H groups in total. The molecule has 1 atom stereocenters. The van der Waals surface area contributed by atoms with Gasteiger partial charge < -0.3 is 14.2 Å². The van der Waals surface area contributed by atoms with Gasteiger partial charge in [0.25, 0.3) is 6.43 Å². The Balaban J connectivity index is 2.74.